The van der Waals surface area contributed by atoms with Gasteiger partial charge in [0, 0.05) is 13.1 Å². The number of rotatable bonds is 5. The van der Waals surface area contributed by atoms with E-state index in [1.54, 1.807) is 11.3 Å². The summed E-state index contributed by atoms with van der Waals surface area (Å²) < 4.78 is 0. The Balaban J connectivity index is 2.27. The molecule has 0 radical (unpaired) electrons. The van der Waals surface area contributed by atoms with Crippen LogP contribution in [0.5, 0.6) is 0 Å². The number of hydrogen-bond acceptors (Lipinski definition) is 3. The van der Waals surface area contributed by atoms with Crippen molar-refractivity contribution in [1.82, 2.24) is 10.6 Å². The highest BCUT2D eigenvalue weighted by molar-refractivity contribution is 7.07. The van der Waals surface area contributed by atoms with E-state index in [0.29, 0.717) is 6.54 Å². The van der Waals surface area contributed by atoms with E-state index in [2.05, 4.69) is 22.1 Å². The molecule has 0 saturated heterocycles. The summed E-state index contributed by atoms with van der Waals surface area (Å²) >= 11 is 1.67. The second kappa shape index (κ2) is 5.78. The van der Waals surface area contributed by atoms with Gasteiger partial charge in [-0.3, -0.25) is 4.79 Å². The molecule has 0 aliphatic carbocycles. The lowest BCUT2D eigenvalue weighted by Crippen LogP contribution is -2.41. The van der Waals surface area contributed by atoms with Gasteiger partial charge in [-0.05, 0) is 36.2 Å². The van der Waals surface area contributed by atoms with Gasteiger partial charge in [-0.15, -0.1) is 0 Å². The molecule has 3 nitrogen and oxygen atoms in total. The van der Waals surface area contributed by atoms with Crippen molar-refractivity contribution in [1.29, 1.82) is 0 Å². The quantitative estimate of drug-likeness (QED) is 0.774. The molecule has 0 fully saturated rings. The van der Waals surface area contributed by atoms with E-state index in [1.807, 2.05) is 19.2 Å². The van der Waals surface area contributed by atoms with Gasteiger partial charge in [0.1, 0.15) is 0 Å². The number of hydrogen-bond donors (Lipinski definition) is 2. The predicted octanol–water partition coefficient (Wildman–Crippen LogP) is 1.36. The summed E-state index contributed by atoms with van der Waals surface area (Å²) in [5.74, 6) is 0.0581. The number of thiophene rings is 1. The minimum Gasteiger partial charge on any atom is -0.355 e. The minimum atomic E-state index is -0.130. The van der Waals surface area contributed by atoms with Gasteiger partial charge in [0.05, 0.1) is 6.04 Å². The van der Waals surface area contributed by atoms with E-state index in [9.17, 15) is 4.79 Å². The first-order valence-electron chi connectivity index (χ1n) is 4.76. The molecule has 0 spiro atoms. The first-order valence-corrected chi connectivity index (χ1v) is 5.70. The normalized spacial score (nSPS) is 12.4. The Labute approximate surface area is 88.5 Å². The van der Waals surface area contributed by atoms with Crippen LogP contribution in [0.1, 0.15) is 19.4 Å². The maximum atomic E-state index is 11.3. The smallest absolute Gasteiger partial charge is 0.236 e. The fourth-order valence-electron chi connectivity index (χ4n) is 1.08. The van der Waals surface area contributed by atoms with Crippen LogP contribution < -0.4 is 10.6 Å². The average molecular weight is 212 g/mol. The van der Waals surface area contributed by atoms with Gasteiger partial charge in [-0.25, -0.2) is 0 Å². The molecule has 0 saturated carbocycles. The van der Waals surface area contributed by atoms with Crippen molar-refractivity contribution in [2.75, 3.05) is 6.54 Å². The SMILES string of the molecule is CCNC(=O)C(C)NCc1ccsc1. The maximum Gasteiger partial charge on any atom is 0.236 e. The van der Waals surface area contributed by atoms with E-state index in [-0.39, 0.29) is 11.9 Å². The van der Waals surface area contributed by atoms with Crippen molar-refractivity contribution in [3.8, 4) is 0 Å². The second-order valence-corrected chi connectivity index (χ2v) is 3.91. The van der Waals surface area contributed by atoms with Gasteiger partial charge in [0.15, 0.2) is 0 Å². The molecule has 0 aliphatic rings. The third-order valence-electron chi connectivity index (χ3n) is 1.94. The van der Waals surface area contributed by atoms with Crippen LogP contribution in [0, 0.1) is 0 Å². The summed E-state index contributed by atoms with van der Waals surface area (Å²) in [6.45, 7) is 5.23. The number of likely N-dealkylation sites (N-methyl/N-ethyl adjacent to an activating group) is 1. The minimum absolute atomic E-state index is 0.0581. The van der Waals surface area contributed by atoms with Gasteiger partial charge in [0.2, 0.25) is 5.91 Å². The van der Waals surface area contributed by atoms with E-state index < -0.39 is 0 Å². The molecule has 1 rings (SSSR count). The molecule has 4 heteroatoms. The van der Waals surface area contributed by atoms with Crippen molar-refractivity contribution >= 4 is 17.2 Å². The Hall–Kier alpha value is -0.870. The molecule has 0 bridgehead atoms. The highest BCUT2D eigenvalue weighted by Gasteiger charge is 2.10. The largest absolute Gasteiger partial charge is 0.355 e. The van der Waals surface area contributed by atoms with E-state index in [4.69, 9.17) is 0 Å². The molecule has 1 aromatic heterocycles. The molecule has 78 valence electrons. The Bertz CT molecular complexity index is 272. The highest BCUT2D eigenvalue weighted by atomic mass is 32.1. The Morgan fingerprint density at radius 3 is 3.00 bits per heavy atom. The monoisotopic (exact) mass is 212 g/mol. The molecule has 1 atom stereocenters. The van der Waals surface area contributed by atoms with E-state index in [1.165, 1.54) is 5.56 Å². The summed E-state index contributed by atoms with van der Waals surface area (Å²) in [6.07, 6.45) is 0. The van der Waals surface area contributed by atoms with Crippen LogP contribution in [0.3, 0.4) is 0 Å². The second-order valence-electron chi connectivity index (χ2n) is 3.13. The van der Waals surface area contributed by atoms with Crippen LogP contribution in [0.4, 0.5) is 0 Å². The van der Waals surface area contributed by atoms with Crippen molar-refractivity contribution in [3.63, 3.8) is 0 Å². The van der Waals surface area contributed by atoms with Gasteiger partial charge in [-0.1, -0.05) is 0 Å². The van der Waals surface area contributed by atoms with E-state index >= 15 is 0 Å². The average Bonchev–Trinajstić information content (AvgIpc) is 2.67. The number of carbonyl (C=O) groups is 1. The maximum absolute atomic E-state index is 11.3. The lowest BCUT2D eigenvalue weighted by Gasteiger charge is -2.12. The van der Waals surface area contributed by atoms with Crippen LogP contribution in [0.2, 0.25) is 0 Å². The fourth-order valence-corrected chi connectivity index (χ4v) is 1.75. The zero-order chi connectivity index (χ0) is 10.4. The first kappa shape index (κ1) is 11.2. The summed E-state index contributed by atoms with van der Waals surface area (Å²) in [5, 5.41) is 10.1. The van der Waals surface area contributed by atoms with E-state index in [0.717, 1.165) is 6.54 Å². The third kappa shape index (κ3) is 3.47. The molecule has 1 unspecified atom stereocenters. The summed E-state index contributed by atoms with van der Waals surface area (Å²) in [7, 11) is 0. The zero-order valence-corrected chi connectivity index (χ0v) is 9.36. The summed E-state index contributed by atoms with van der Waals surface area (Å²) in [6, 6.07) is 1.93. The third-order valence-corrected chi connectivity index (χ3v) is 2.67. The molecule has 1 heterocycles. The molecular formula is C10H16N2OS. The van der Waals surface area contributed by atoms with Crippen molar-refractivity contribution < 1.29 is 4.79 Å². The fraction of sp³-hybridized carbons (Fsp3) is 0.500. The molecule has 0 aliphatic heterocycles. The predicted molar refractivity (Wildman–Crippen MR) is 59.3 cm³/mol. The Kier molecular flexibility index (Phi) is 4.62. The Morgan fingerprint density at radius 2 is 2.43 bits per heavy atom. The van der Waals surface area contributed by atoms with Crippen LogP contribution in [0.25, 0.3) is 0 Å². The molecule has 14 heavy (non-hydrogen) atoms. The van der Waals surface area contributed by atoms with Gasteiger partial charge >= 0.3 is 0 Å². The van der Waals surface area contributed by atoms with Crippen molar-refractivity contribution in [2.45, 2.75) is 26.4 Å². The number of nitrogens with one attached hydrogen (secondary N) is 2. The van der Waals surface area contributed by atoms with Gasteiger partial charge < -0.3 is 10.6 Å². The standard InChI is InChI=1S/C10H16N2OS/c1-3-11-10(13)8(2)12-6-9-4-5-14-7-9/h4-5,7-8,12H,3,6H2,1-2H3,(H,11,13). The van der Waals surface area contributed by atoms with Gasteiger partial charge in [0.25, 0.3) is 0 Å². The van der Waals surface area contributed by atoms with Gasteiger partial charge in [-0.2, -0.15) is 11.3 Å². The van der Waals surface area contributed by atoms with Crippen LogP contribution in [0.15, 0.2) is 16.8 Å². The van der Waals surface area contributed by atoms with Crippen LogP contribution >= 0.6 is 11.3 Å². The molecule has 0 aromatic carbocycles. The number of carbonyl (C=O) groups excluding carboxylic acids is 1. The number of amides is 1. The van der Waals surface area contributed by atoms with Crippen LogP contribution in [-0.4, -0.2) is 18.5 Å². The lowest BCUT2D eigenvalue weighted by atomic mass is 10.2. The summed E-state index contributed by atoms with van der Waals surface area (Å²) in [5.41, 5.74) is 1.23. The molecule has 2 N–H and O–H groups in total. The molecular weight excluding hydrogens is 196 g/mol. The highest BCUT2D eigenvalue weighted by Crippen LogP contribution is 2.05. The molecule has 1 amide bonds. The van der Waals surface area contributed by atoms with Crippen molar-refractivity contribution in [3.05, 3.63) is 22.4 Å². The first-order chi connectivity index (χ1) is 6.74. The lowest BCUT2D eigenvalue weighted by molar-refractivity contribution is -0.122. The summed E-state index contributed by atoms with van der Waals surface area (Å²) in [4.78, 5) is 11.3. The molecule has 1 aromatic rings. The zero-order valence-electron chi connectivity index (χ0n) is 8.54. The topological polar surface area (TPSA) is 41.1 Å². The van der Waals surface area contributed by atoms with Crippen molar-refractivity contribution in [2.24, 2.45) is 0 Å². The van der Waals surface area contributed by atoms with Crippen LogP contribution in [-0.2, 0) is 11.3 Å². The Morgan fingerprint density at radius 1 is 1.64 bits per heavy atom.